The van der Waals surface area contributed by atoms with Gasteiger partial charge in [-0.2, -0.15) is 0 Å². The number of terminal acetylenes is 1. The molecule has 5 nitrogen and oxygen atoms in total. The van der Waals surface area contributed by atoms with Crippen LogP contribution < -0.4 is 0 Å². The van der Waals surface area contributed by atoms with Gasteiger partial charge in [-0.25, -0.2) is 9.78 Å². The Bertz CT molecular complexity index is 849. The molecule has 0 aromatic carbocycles. The average Bonchev–Trinajstić information content (AvgIpc) is 3.12. The van der Waals surface area contributed by atoms with E-state index in [1.54, 1.807) is 0 Å². The largest absolute Gasteiger partial charge is 0.441 e. The molecular weight excluding hydrogens is 350 g/mol. The third-order valence-corrected chi connectivity index (χ3v) is 6.81. The maximum absolute atomic E-state index is 12.2. The van der Waals surface area contributed by atoms with Gasteiger partial charge in [-0.1, -0.05) is 18.9 Å². The molecule has 0 N–H and O–H groups in total. The van der Waals surface area contributed by atoms with Crippen LogP contribution in [0.2, 0.25) is 0 Å². The summed E-state index contributed by atoms with van der Waals surface area (Å²) in [7, 11) is 0. The SMILES string of the molecule is C#CC1C=C(C)c2ncn(CC3(C)CCCC4(CN(CC)C(=O)O4)C3)c2CC1. The number of amides is 1. The van der Waals surface area contributed by atoms with Crippen LogP contribution in [0.15, 0.2) is 12.4 Å². The lowest BCUT2D eigenvalue weighted by Gasteiger charge is -2.43. The summed E-state index contributed by atoms with van der Waals surface area (Å²) in [6.07, 6.45) is 15.7. The van der Waals surface area contributed by atoms with E-state index in [-0.39, 0.29) is 23.0 Å². The van der Waals surface area contributed by atoms with Gasteiger partial charge in [0.2, 0.25) is 0 Å². The number of carbonyl (C=O) groups excluding carboxylic acids is 1. The van der Waals surface area contributed by atoms with Gasteiger partial charge in [0.15, 0.2) is 0 Å². The summed E-state index contributed by atoms with van der Waals surface area (Å²) in [6.45, 7) is 8.82. The highest BCUT2D eigenvalue weighted by atomic mass is 16.6. The molecule has 5 heteroatoms. The van der Waals surface area contributed by atoms with Gasteiger partial charge in [0.25, 0.3) is 0 Å². The standard InChI is InChI=1S/C23H31N3O2/c1-5-18-8-9-19-20(17(3)12-18)24-16-26(19)14-22(4)10-7-11-23(13-22)15-25(6-2)21(27)28-23/h1,12,16,18H,6-11,13-15H2,2-4H3. The average molecular weight is 382 g/mol. The summed E-state index contributed by atoms with van der Waals surface area (Å²) in [5.74, 6) is 3.08. The van der Waals surface area contributed by atoms with Crippen LogP contribution in [0, 0.1) is 23.7 Å². The van der Waals surface area contributed by atoms with Gasteiger partial charge >= 0.3 is 6.09 Å². The highest BCUT2D eigenvalue weighted by Gasteiger charge is 2.51. The summed E-state index contributed by atoms with van der Waals surface area (Å²) >= 11 is 0. The molecule has 1 aromatic rings. The third-order valence-electron chi connectivity index (χ3n) is 6.81. The van der Waals surface area contributed by atoms with Crippen LogP contribution in [0.4, 0.5) is 4.79 Å². The van der Waals surface area contributed by atoms with Crippen LogP contribution in [0.5, 0.6) is 0 Å². The maximum Gasteiger partial charge on any atom is 0.410 e. The normalized spacial score (nSPS) is 32.5. The van der Waals surface area contributed by atoms with Crippen LogP contribution in [0.25, 0.3) is 5.57 Å². The Morgan fingerprint density at radius 1 is 1.43 bits per heavy atom. The number of nitrogens with zero attached hydrogens (tertiary/aromatic N) is 3. The Morgan fingerprint density at radius 2 is 2.25 bits per heavy atom. The number of aromatic nitrogens is 2. The minimum atomic E-state index is -0.317. The molecule has 1 aliphatic heterocycles. The number of hydrogen-bond acceptors (Lipinski definition) is 3. The molecule has 1 aromatic heterocycles. The van der Waals surface area contributed by atoms with E-state index in [9.17, 15) is 4.79 Å². The molecule has 1 saturated heterocycles. The Labute approximate surface area is 168 Å². The van der Waals surface area contributed by atoms with Gasteiger partial charge in [-0.05, 0) is 63.4 Å². The molecule has 3 unspecified atom stereocenters. The van der Waals surface area contributed by atoms with E-state index in [1.165, 1.54) is 11.3 Å². The highest BCUT2D eigenvalue weighted by molar-refractivity contribution is 5.70. The molecule has 3 atom stereocenters. The zero-order valence-electron chi connectivity index (χ0n) is 17.3. The first-order chi connectivity index (χ1) is 13.4. The maximum atomic E-state index is 12.2. The molecule has 4 rings (SSSR count). The quantitative estimate of drug-likeness (QED) is 0.735. The molecule has 1 spiro atoms. The van der Waals surface area contributed by atoms with Crippen molar-refractivity contribution in [1.82, 2.24) is 14.5 Å². The smallest absolute Gasteiger partial charge is 0.410 e. The van der Waals surface area contributed by atoms with Crippen molar-refractivity contribution in [3.63, 3.8) is 0 Å². The fraction of sp³-hybridized carbons (Fsp3) is 0.652. The Hall–Kier alpha value is -2.22. The number of fused-ring (bicyclic) bond motifs is 1. The summed E-state index contributed by atoms with van der Waals surface area (Å²) < 4.78 is 8.25. The van der Waals surface area contributed by atoms with E-state index in [1.807, 2.05) is 18.2 Å². The van der Waals surface area contributed by atoms with Gasteiger partial charge in [0.05, 0.1) is 18.6 Å². The molecule has 2 fully saturated rings. The second-order valence-electron chi connectivity index (χ2n) is 9.24. The number of ether oxygens (including phenoxy) is 1. The third kappa shape index (κ3) is 3.34. The summed E-state index contributed by atoms with van der Waals surface area (Å²) in [5.41, 5.74) is 3.35. The van der Waals surface area contributed by atoms with Gasteiger partial charge < -0.3 is 14.2 Å². The van der Waals surface area contributed by atoms with Crippen molar-refractivity contribution in [3.05, 3.63) is 23.8 Å². The van der Waals surface area contributed by atoms with Gasteiger partial charge in [0.1, 0.15) is 5.60 Å². The Balaban J connectivity index is 1.55. The summed E-state index contributed by atoms with van der Waals surface area (Å²) in [5, 5.41) is 0. The van der Waals surface area contributed by atoms with E-state index in [2.05, 4.69) is 30.4 Å². The van der Waals surface area contributed by atoms with Crippen molar-refractivity contribution in [2.45, 2.75) is 71.4 Å². The fourth-order valence-corrected chi connectivity index (χ4v) is 5.52. The molecular formula is C23H31N3O2. The first-order valence-electron chi connectivity index (χ1n) is 10.5. The molecule has 2 aliphatic carbocycles. The minimum Gasteiger partial charge on any atom is -0.441 e. The lowest BCUT2D eigenvalue weighted by molar-refractivity contribution is -0.0275. The molecule has 0 radical (unpaired) electrons. The lowest BCUT2D eigenvalue weighted by Crippen LogP contribution is -2.45. The van der Waals surface area contributed by atoms with Gasteiger partial charge in [0, 0.05) is 24.7 Å². The van der Waals surface area contributed by atoms with E-state index in [0.717, 1.165) is 57.3 Å². The monoisotopic (exact) mass is 381 g/mol. The van der Waals surface area contributed by atoms with E-state index in [4.69, 9.17) is 16.1 Å². The summed E-state index contributed by atoms with van der Waals surface area (Å²) in [6, 6.07) is 0. The number of allylic oxidation sites excluding steroid dienone is 2. The van der Waals surface area contributed by atoms with E-state index >= 15 is 0 Å². The molecule has 1 amide bonds. The summed E-state index contributed by atoms with van der Waals surface area (Å²) in [4.78, 5) is 18.8. The van der Waals surface area contributed by atoms with E-state index in [0.29, 0.717) is 6.54 Å². The van der Waals surface area contributed by atoms with Crippen molar-refractivity contribution >= 4 is 11.7 Å². The van der Waals surface area contributed by atoms with Crippen LogP contribution in [0.1, 0.15) is 64.3 Å². The van der Waals surface area contributed by atoms with Crippen molar-refractivity contribution in [2.75, 3.05) is 13.1 Å². The minimum absolute atomic E-state index is 0.0895. The van der Waals surface area contributed by atoms with Crippen molar-refractivity contribution in [1.29, 1.82) is 0 Å². The second kappa shape index (κ2) is 6.99. The fourth-order valence-electron chi connectivity index (χ4n) is 5.52. The van der Waals surface area contributed by atoms with Gasteiger partial charge in [-0.3, -0.25) is 0 Å². The van der Waals surface area contributed by atoms with Gasteiger partial charge in [-0.15, -0.1) is 6.42 Å². The topological polar surface area (TPSA) is 47.4 Å². The predicted octanol–water partition coefficient (Wildman–Crippen LogP) is 4.27. The number of hydrogen-bond donors (Lipinski definition) is 0. The van der Waals surface area contributed by atoms with Crippen LogP contribution in [0.3, 0.4) is 0 Å². The Morgan fingerprint density at radius 3 is 2.96 bits per heavy atom. The predicted molar refractivity (Wildman–Crippen MR) is 110 cm³/mol. The molecule has 2 heterocycles. The van der Waals surface area contributed by atoms with Crippen LogP contribution in [-0.2, 0) is 17.7 Å². The number of carbonyl (C=O) groups is 1. The number of likely N-dealkylation sites (N-methyl/N-ethyl adjacent to an activating group) is 1. The second-order valence-corrected chi connectivity index (χ2v) is 9.24. The van der Waals surface area contributed by atoms with Crippen molar-refractivity contribution in [2.24, 2.45) is 11.3 Å². The van der Waals surface area contributed by atoms with Crippen molar-refractivity contribution < 1.29 is 9.53 Å². The number of rotatable bonds is 3. The van der Waals surface area contributed by atoms with E-state index < -0.39 is 0 Å². The molecule has 0 bridgehead atoms. The number of imidazole rings is 1. The molecule has 150 valence electrons. The Kier molecular flexibility index (Phi) is 4.77. The van der Waals surface area contributed by atoms with Crippen LogP contribution >= 0.6 is 0 Å². The van der Waals surface area contributed by atoms with Crippen LogP contribution in [-0.4, -0.2) is 39.2 Å². The molecule has 28 heavy (non-hydrogen) atoms. The molecule has 1 saturated carbocycles. The highest BCUT2D eigenvalue weighted by Crippen LogP contribution is 2.47. The zero-order chi connectivity index (χ0) is 19.9. The zero-order valence-corrected chi connectivity index (χ0v) is 17.3. The lowest BCUT2D eigenvalue weighted by atomic mass is 9.68. The first kappa shape index (κ1) is 19.1. The first-order valence-corrected chi connectivity index (χ1v) is 10.5. The molecule has 3 aliphatic rings. The van der Waals surface area contributed by atoms with Crippen molar-refractivity contribution in [3.8, 4) is 12.3 Å².